The molecule has 268 valence electrons. The maximum Gasteiger partial charge on any atom is 0.0467 e. The monoisotopic (exact) mass is 709 g/mol. The molecule has 7 aromatic rings. The van der Waals surface area contributed by atoms with Gasteiger partial charge in [-0.15, -0.1) is 0 Å². The number of aryl methyl sites for hydroxylation is 4. The summed E-state index contributed by atoms with van der Waals surface area (Å²) in [6, 6.07) is 64.0. The highest BCUT2D eigenvalue weighted by molar-refractivity contribution is 5.92. The molecule has 0 heterocycles. The topological polar surface area (TPSA) is 3.24 Å². The van der Waals surface area contributed by atoms with E-state index in [1.54, 1.807) is 0 Å². The second-order valence-electron chi connectivity index (χ2n) is 14.6. The van der Waals surface area contributed by atoms with Gasteiger partial charge in [-0.05, 0) is 138 Å². The molecule has 55 heavy (non-hydrogen) atoms. The molecule has 0 fully saturated rings. The van der Waals surface area contributed by atoms with E-state index in [2.05, 4.69) is 219 Å². The molecule has 1 heteroatoms. The van der Waals surface area contributed by atoms with Crippen LogP contribution in [0.4, 0.5) is 17.1 Å². The number of allylic oxidation sites excluding steroid dienone is 2. The second-order valence-corrected chi connectivity index (χ2v) is 14.6. The van der Waals surface area contributed by atoms with E-state index in [0.717, 1.165) is 28.9 Å². The van der Waals surface area contributed by atoms with E-state index in [4.69, 9.17) is 0 Å². The van der Waals surface area contributed by atoms with Crippen LogP contribution in [-0.4, -0.2) is 0 Å². The van der Waals surface area contributed by atoms with E-state index < -0.39 is 0 Å². The molecule has 0 spiro atoms. The SMILES string of the molecule is Cc1ccc(C(=Cc2cccc(N(c3cccc(C=CC=C(c4ccccc4)c4ccccc4)c3)c3ccc4c(c3)CCCC4)c2)c2ccc(C)cc2)cc1. The molecular formula is C54H47N. The Labute approximate surface area is 327 Å². The Morgan fingerprint density at radius 1 is 0.436 bits per heavy atom. The summed E-state index contributed by atoms with van der Waals surface area (Å²) in [5, 5.41) is 0. The maximum absolute atomic E-state index is 2.43. The van der Waals surface area contributed by atoms with Crippen LogP contribution in [0.15, 0.2) is 188 Å². The number of anilines is 3. The standard InChI is InChI=1S/C54H47N/c1-40-26-30-47(31-27-40)54(48-32-28-41(2)29-33-48)38-43-16-12-24-51(37-43)55(52-35-34-44-17-9-10-22-49(44)39-52)50-23-11-14-42(36-50)15-13-25-53(45-18-5-3-6-19-45)46-20-7-4-8-21-46/h3-8,11-16,18-21,23-39H,9-10,17,22H2,1-2H3. The van der Waals surface area contributed by atoms with Gasteiger partial charge < -0.3 is 4.90 Å². The van der Waals surface area contributed by atoms with Crippen molar-refractivity contribution in [2.75, 3.05) is 4.90 Å². The van der Waals surface area contributed by atoms with Crippen molar-refractivity contribution >= 4 is 40.4 Å². The number of hydrogen-bond donors (Lipinski definition) is 0. The zero-order valence-corrected chi connectivity index (χ0v) is 31.8. The van der Waals surface area contributed by atoms with Crippen molar-refractivity contribution in [1.29, 1.82) is 0 Å². The fourth-order valence-electron chi connectivity index (χ4n) is 7.64. The fraction of sp³-hybridized carbons (Fsp3) is 0.111. The molecule has 0 aromatic heterocycles. The van der Waals surface area contributed by atoms with Gasteiger partial charge in [0.05, 0.1) is 0 Å². The number of rotatable bonds is 10. The first-order valence-corrected chi connectivity index (χ1v) is 19.5. The van der Waals surface area contributed by atoms with Crippen molar-refractivity contribution in [1.82, 2.24) is 0 Å². The van der Waals surface area contributed by atoms with Crippen molar-refractivity contribution in [2.45, 2.75) is 39.5 Å². The first-order valence-electron chi connectivity index (χ1n) is 19.5. The molecule has 0 unspecified atom stereocenters. The lowest BCUT2D eigenvalue weighted by Gasteiger charge is -2.28. The van der Waals surface area contributed by atoms with Crippen LogP contribution < -0.4 is 4.90 Å². The minimum absolute atomic E-state index is 1.13. The highest BCUT2D eigenvalue weighted by Crippen LogP contribution is 2.38. The van der Waals surface area contributed by atoms with Gasteiger partial charge >= 0.3 is 0 Å². The Hall–Kier alpha value is -6.44. The fourth-order valence-corrected chi connectivity index (χ4v) is 7.64. The molecule has 0 saturated carbocycles. The van der Waals surface area contributed by atoms with Crippen molar-refractivity contribution in [3.8, 4) is 0 Å². The lowest BCUT2D eigenvalue weighted by molar-refractivity contribution is 0.685. The number of nitrogens with zero attached hydrogens (tertiary/aromatic N) is 1. The molecule has 7 aromatic carbocycles. The third-order valence-corrected chi connectivity index (χ3v) is 10.6. The summed E-state index contributed by atoms with van der Waals surface area (Å²) < 4.78 is 0. The van der Waals surface area contributed by atoms with Crippen LogP contribution in [0.3, 0.4) is 0 Å². The van der Waals surface area contributed by atoms with Gasteiger partial charge in [0, 0.05) is 17.1 Å². The highest BCUT2D eigenvalue weighted by Gasteiger charge is 2.17. The van der Waals surface area contributed by atoms with E-state index in [1.165, 1.54) is 80.6 Å². The molecule has 0 bridgehead atoms. The van der Waals surface area contributed by atoms with Crippen molar-refractivity contribution in [3.63, 3.8) is 0 Å². The Balaban J connectivity index is 1.20. The Morgan fingerprint density at radius 2 is 0.945 bits per heavy atom. The van der Waals surface area contributed by atoms with E-state index in [1.807, 2.05) is 0 Å². The van der Waals surface area contributed by atoms with Crippen molar-refractivity contribution in [3.05, 3.63) is 244 Å². The predicted molar refractivity (Wildman–Crippen MR) is 236 cm³/mol. The largest absolute Gasteiger partial charge is 0.310 e. The maximum atomic E-state index is 2.43. The van der Waals surface area contributed by atoms with Gasteiger partial charge in [-0.3, -0.25) is 0 Å². The molecule has 0 aliphatic heterocycles. The molecule has 0 saturated heterocycles. The van der Waals surface area contributed by atoms with Gasteiger partial charge in [0.25, 0.3) is 0 Å². The summed E-state index contributed by atoms with van der Waals surface area (Å²) in [5.74, 6) is 0. The summed E-state index contributed by atoms with van der Waals surface area (Å²) in [5.41, 5.74) is 18.5. The smallest absolute Gasteiger partial charge is 0.0467 e. The summed E-state index contributed by atoms with van der Waals surface area (Å²) in [6.07, 6.45) is 13.8. The Bertz CT molecular complexity index is 2380. The van der Waals surface area contributed by atoms with Crippen LogP contribution in [0.5, 0.6) is 0 Å². The molecular weight excluding hydrogens is 663 g/mol. The summed E-state index contributed by atoms with van der Waals surface area (Å²) >= 11 is 0. The van der Waals surface area contributed by atoms with Gasteiger partial charge in [0.1, 0.15) is 0 Å². The number of hydrogen-bond acceptors (Lipinski definition) is 1. The third kappa shape index (κ3) is 8.53. The molecule has 0 radical (unpaired) electrons. The van der Waals surface area contributed by atoms with E-state index >= 15 is 0 Å². The van der Waals surface area contributed by atoms with Crippen molar-refractivity contribution in [2.24, 2.45) is 0 Å². The normalized spacial score (nSPS) is 12.2. The first kappa shape index (κ1) is 35.6. The molecule has 1 aliphatic carbocycles. The first-order chi connectivity index (χ1) is 27.1. The molecule has 0 amide bonds. The molecule has 0 atom stereocenters. The van der Waals surface area contributed by atoms with Crippen LogP contribution in [0, 0.1) is 13.8 Å². The number of benzene rings is 7. The van der Waals surface area contributed by atoms with Crippen LogP contribution in [-0.2, 0) is 12.8 Å². The average Bonchev–Trinajstić information content (AvgIpc) is 3.23. The molecule has 1 aliphatic rings. The van der Waals surface area contributed by atoms with E-state index in [0.29, 0.717) is 0 Å². The Morgan fingerprint density at radius 3 is 1.55 bits per heavy atom. The van der Waals surface area contributed by atoms with Gasteiger partial charge in [-0.2, -0.15) is 0 Å². The molecule has 8 rings (SSSR count). The zero-order chi connectivity index (χ0) is 37.4. The minimum atomic E-state index is 1.13. The van der Waals surface area contributed by atoms with Gasteiger partial charge in [-0.1, -0.05) is 169 Å². The van der Waals surface area contributed by atoms with E-state index in [-0.39, 0.29) is 0 Å². The minimum Gasteiger partial charge on any atom is -0.310 e. The summed E-state index contributed by atoms with van der Waals surface area (Å²) in [6.45, 7) is 4.29. The van der Waals surface area contributed by atoms with Crippen molar-refractivity contribution < 1.29 is 0 Å². The Kier molecular flexibility index (Phi) is 10.8. The van der Waals surface area contributed by atoms with Crippen LogP contribution in [0.25, 0.3) is 23.3 Å². The number of fused-ring (bicyclic) bond motifs is 1. The summed E-state index contributed by atoms with van der Waals surface area (Å²) in [7, 11) is 0. The predicted octanol–water partition coefficient (Wildman–Crippen LogP) is 14.4. The lowest BCUT2D eigenvalue weighted by Crippen LogP contribution is -2.12. The molecule has 1 nitrogen and oxygen atoms in total. The van der Waals surface area contributed by atoms with E-state index in [9.17, 15) is 0 Å². The molecule has 0 N–H and O–H groups in total. The highest BCUT2D eigenvalue weighted by atomic mass is 15.1. The second kappa shape index (κ2) is 16.7. The van der Waals surface area contributed by atoms with Crippen LogP contribution >= 0.6 is 0 Å². The van der Waals surface area contributed by atoms with Gasteiger partial charge in [0.2, 0.25) is 0 Å². The van der Waals surface area contributed by atoms with Crippen LogP contribution in [0.2, 0.25) is 0 Å². The lowest BCUT2D eigenvalue weighted by atomic mass is 9.91. The summed E-state index contributed by atoms with van der Waals surface area (Å²) in [4.78, 5) is 2.43. The van der Waals surface area contributed by atoms with Gasteiger partial charge in [-0.25, -0.2) is 0 Å². The quantitative estimate of drug-likeness (QED) is 0.101. The van der Waals surface area contributed by atoms with Crippen LogP contribution in [0.1, 0.15) is 68.5 Å². The third-order valence-electron chi connectivity index (χ3n) is 10.6. The average molecular weight is 710 g/mol. The zero-order valence-electron chi connectivity index (χ0n) is 31.8. The van der Waals surface area contributed by atoms with Gasteiger partial charge in [0.15, 0.2) is 0 Å².